The molecule has 32 heavy (non-hydrogen) atoms. The van der Waals surface area contributed by atoms with Crippen LogP contribution in [0, 0.1) is 13.8 Å². The minimum Gasteiger partial charge on any atom is -0.494 e. The van der Waals surface area contributed by atoms with Gasteiger partial charge >= 0.3 is 0 Å². The largest absolute Gasteiger partial charge is 0.494 e. The topological polar surface area (TPSA) is 58.6 Å². The summed E-state index contributed by atoms with van der Waals surface area (Å²) in [6.45, 7) is 6.19. The fraction of sp³-hybridized carbons (Fsp3) is 0.154. The Morgan fingerprint density at radius 2 is 1.62 bits per heavy atom. The van der Waals surface area contributed by atoms with Gasteiger partial charge in [0.25, 0.3) is 11.8 Å². The predicted octanol–water partition coefficient (Wildman–Crippen LogP) is 5.75. The number of halogens is 1. The van der Waals surface area contributed by atoms with Crippen molar-refractivity contribution >= 4 is 40.4 Å². The molecule has 2 amide bonds. The van der Waals surface area contributed by atoms with E-state index in [1.165, 1.54) is 4.90 Å². The van der Waals surface area contributed by atoms with Crippen LogP contribution in [0.3, 0.4) is 0 Å². The van der Waals surface area contributed by atoms with E-state index in [4.69, 9.17) is 16.3 Å². The monoisotopic (exact) mass is 446 g/mol. The molecule has 4 rings (SSSR count). The number of benzene rings is 3. The maximum atomic E-state index is 13.6. The minimum atomic E-state index is -0.410. The lowest BCUT2D eigenvalue weighted by molar-refractivity contribution is -0.120. The third kappa shape index (κ3) is 3.87. The summed E-state index contributed by atoms with van der Waals surface area (Å²) >= 11 is 6.28. The van der Waals surface area contributed by atoms with E-state index < -0.39 is 5.91 Å². The summed E-state index contributed by atoms with van der Waals surface area (Å²) < 4.78 is 5.52. The third-order valence-corrected chi connectivity index (χ3v) is 5.83. The van der Waals surface area contributed by atoms with E-state index in [-0.39, 0.29) is 11.6 Å². The molecule has 1 aliphatic heterocycles. The standard InChI is InChI=1S/C26H23ClN2O3/c1-4-32-19-14-12-18(13-15-19)23-24(28-21-10-7-9-20(27)17(21)3)26(31)29(25(23)30)22-11-6-5-8-16(22)2/h5-15,28H,4H2,1-3H3. The molecule has 0 radical (unpaired) electrons. The Labute approximate surface area is 192 Å². The van der Waals surface area contributed by atoms with Crippen molar-refractivity contribution in [3.05, 3.63) is 94.1 Å². The van der Waals surface area contributed by atoms with Gasteiger partial charge in [0.1, 0.15) is 11.4 Å². The fourth-order valence-corrected chi connectivity index (χ4v) is 3.88. The first-order chi connectivity index (χ1) is 15.4. The van der Waals surface area contributed by atoms with Gasteiger partial charge in [-0.2, -0.15) is 0 Å². The Bertz CT molecular complexity index is 1230. The Balaban J connectivity index is 1.84. The van der Waals surface area contributed by atoms with Gasteiger partial charge in [0.15, 0.2) is 0 Å². The fourth-order valence-electron chi connectivity index (χ4n) is 3.71. The van der Waals surface area contributed by atoms with Gasteiger partial charge < -0.3 is 10.1 Å². The van der Waals surface area contributed by atoms with Crippen LogP contribution in [-0.2, 0) is 9.59 Å². The van der Waals surface area contributed by atoms with Crippen LogP contribution in [0.25, 0.3) is 5.57 Å². The number of para-hydroxylation sites is 1. The lowest BCUT2D eigenvalue weighted by atomic mass is 10.0. The van der Waals surface area contributed by atoms with E-state index in [0.717, 1.165) is 11.1 Å². The molecule has 3 aromatic rings. The molecule has 3 aromatic carbocycles. The molecule has 1 N–H and O–H groups in total. The van der Waals surface area contributed by atoms with E-state index in [1.54, 1.807) is 42.5 Å². The van der Waals surface area contributed by atoms with E-state index in [1.807, 2.05) is 45.0 Å². The molecule has 0 saturated carbocycles. The molecular weight excluding hydrogens is 424 g/mol. The van der Waals surface area contributed by atoms with Crippen LogP contribution in [-0.4, -0.2) is 18.4 Å². The number of nitrogens with zero attached hydrogens (tertiary/aromatic N) is 1. The molecule has 0 spiro atoms. The molecule has 0 aromatic heterocycles. The van der Waals surface area contributed by atoms with Crippen LogP contribution in [0.15, 0.2) is 72.4 Å². The van der Waals surface area contributed by atoms with Crippen molar-refractivity contribution in [2.45, 2.75) is 20.8 Å². The van der Waals surface area contributed by atoms with Crippen LogP contribution in [0.5, 0.6) is 5.75 Å². The Kier molecular flexibility index (Phi) is 6.01. The van der Waals surface area contributed by atoms with Crippen molar-refractivity contribution in [3.8, 4) is 5.75 Å². The molecule has 5 nitrogen and oxygen atoms in total. The number of hydrogen-bond acceptors (Lipinski definition) is 4. The van der Waals surface area contributed by atoms with Crippen molar-refractivity contribution in [2.24, 2.45) is 0 Å². The number of aryl methyl sites for hydroxylation is 1. The zero-order valence-electron chi connectivity index (χ0n) is 18.1. The summed E-state index contributed by atoms with van der Waals surface area (Å²) in [5.41, 5.74) is 4.01. The Morgan fingerprint density at radius 3 is 2.31 bits per heavy atom. The van der Waals surface area contributed by atoms with Crippen LogP contribution in [0.2, 0.25) is 5.02 Å². The van der Waals surface area contributed by atoms with Crippen molar-refractivity contribution in [1.29, 1.82) is 0 Å². The zero-order chi connectivity index (χ0) is 22.8. The first-order valence-electron chi connectivity index (χ1n) is 10.4. The maximum absolute atomic E-state index is 13.6. The lowest BCUT2D eigenvalue weighted by Gasteiger charge is -2.18. The second-order valence-electron chi connectivity index (χ2n) is 7.48. The summed E-state index contributed by atoms with van der Waals surface area (Å²) in [5, 5.41) is 3.76. The number of carbonyl (C=O) groups is 2. The molecule has 1 aliphatic rings. The van der Waals surface area contributed by atoms with Gasteiger partial charge in [0, 0.05) is 10.7 Å². The average Bonchev–Trinajstić information content (AvgIpc) is 3.02. The quantitative estimate of drug-likeness (QED) is 0.489. The summed E-state index contributed by atoms with van der Waals surface area (Å²) in [4.78, 5) is 28.4. The van der Waals surface area contributed by atoms with Gasteiger partial charge in [-0.25, -0.2) is 4.90 Å². The van der Waals surface area contributed by atoms with Crippen molar-refractivity contribution in [3.63, 3.8) is 0 Å². The van der Waals surface area contributed by atoms with Gasteiger partial charge in [-0.3, -0.25) is 9.59 Å². The number of carbonyl (C=O) groups excluding carboxylic acids is 2. The number of nitrogens with one attached hydrogen (secondary N) is 1. The molecular formula is C26H23ClN2O3. The normalized spacial score (nSPS) is 13.7. The second kappa shape index (κ2) is 8.89. The summed E-state index contributed by atoms with van der Waals surface area (Å²) in [6.07, 6.45) is 0. The van der Waals surface area contributed by atoms with Crippen LogP contribution in [0.4, 0.5) is 11.4 Å². The highest BCUT2D eigenvalue weighted by atomic mass is 35.5. The summed E-state index contributed by atoms with van der Waals surface area (Å²) in [5.74, 6) is -0.0900. The molecule has 162 valence electrons. The molecule has 0 unspecified atom stereocenters. The molecule has 0 atom stereocenters. The third-order valence-electron chi connectivity index (χ3n) is 5.42. The molecule has 0 fully saturated rings. The van der Waals surface area contributed by atoms with Crippen molar-refractivity contribution < 1.29 is 14.3 Å². The molecule has 1 heterocycles. The van der Waals surface area contributed by atoms with E-state index in [0.29, 0.717) is 39.9 Å². The van der Waals surface area contributed by atoms with Crippen LogP contribution in [0.1, 0.15) is 23.6 Å². The van der Waals surface area contributed by atoms with Gasteiger partial charge in [-0.05, 0) is 67.8 Å². The highest BCUT2D eigenvalue weighted by molar-refractivity contribution is 6.46. The lowest BCUT2D eigenvalue weighted by Crippen LogP contribution is -2.33. The van der Waals surface area contributed by atoms with E-state index in [2.05, 4.69) is 5.32 Å². The SMILES string of the molecule is CCOc1ccc(C2=C(Nc3cccc(Cl)c3C)C(=O)N(c3ccccc3C)C2=O)cc1. The summed E-state index contributed by atoms with van der Waals surface area (Å²) in [7, 11) is 0. The van der Waals surface area contributed by atoms with Gasteiger partial charge in [0.05, 0.1) is 17.9 Å². The first-order valence-corrected chi connectivity index (χ1v) is 10.7. The highest BCUT2D eigenvalue weighted by Crippen LogP contribution is 2.36. The molecule has 0 bridgehead atoms. The number of anilines is 2. The van der Waals surface area contributed by atoms with Gasteiger partial charge in [-0.1, -0.05) is 48.0 Å². The minimum absolute atomic E-state index is 0.216. The Morgan fingerprint density at radius 1 is 0.906 bits per heavy atom. The molecule has 0 aliphatic carbocycles. The number of amides is 2. The van der Waals surface area contributed by atoms with Crippen LogP contribution >= 0.6 is 11.6 Å². The Hall–Kier alpha value is -3.57. The van der Waals surface area contributed by atoms with Gasteiger partial charge in [-0.15, -0.1) is 0 Å². The number of ether oxygens (including phenoxy) is 1. The maximum Gasteiger partial charge on any atom is 0.282 e. The number of rotatable bonds is 6. The summed E-state index contributed by atoms with van der Waals surface area (Å²) in [6, 6.07) is 19.9. The predicted molar refractivity (Wildman–Crippen MR) is 128 cm³/mol. The highest BCUT2D eigenvalue weighted by Gasteiger charge is 2.40. The average molecular weight is 447 g/mol. The number of hydrogen-bond donors (Lipinski definition) is 1. The zero-order valence-corrected chi connectivity index (χ0v) is 18.9. The van der Waals surface area contributed by atoms with Crippen molar-refractivity contribution in [2.75, 3.05) is 16.8 Å². The van der Waals surface area contributed by atoms with Gasteiger partial charge in [0.2, 0.25) is 0 Å². The van der Waals surface area contributed by atoms with Crippen LogP contribution < -0.4 is 15.0 Å². The smallest absolute Gasteiger partial charge is 0.282 e. The molecule has 6 heteroatoms. The van der Waals surface area contributed by atoms with E-state index in [9.17, 15) is 9.59 Å². The number of imide groups is 1. The second-order valence-corrected chi connectivity index (χ2v) is 7.88. The molecule has 0 saturated heterocycles. The van der Waals surface area contributed by atoms with Crippen molar-refractivity contribution in [1.82, 2.24) is 0 Å². The first kappa shape index (κ1) is 21.7. The van der Waals surface area contributed by atoms with E-state index >= 15 is 0 Å².